The number of benzene rings is 2. The molecule has 0 radical (unpaired) electrons. The molecule has 0 aliphatic carbocycles. The number of hydrogen-bond acceptors (Lipinski definition) is 4. The van der Waals surface area contributed by atoms with E-state index in [-0.39, 0.29) is 17.2 Å². The predicted octanol–water partition coefficient (Wildman–Crippen LogP) is 2.27. The van der Waals surface area contributed by atoms with Gasteiger partial charge in [-0.3, -0.25) is 4.79 Å². The Bertz CT molecular complexity index is 883. The summed E-state index contributed by atoms with van der Waals surface area (Å²) in [6, 6.07) is 15.9. The van der Waals surface area contributed by atoms with Crippen molar-refractivity contribution in [1.82, 2.24) is 9.97 Å². The molecular formula is C16H13N3O2. The van der Waals surface area contributed by atoms with Crippen LogP contribution in [0.5, 0.6) is 0 Å². The van der Waals surface area contributed by atoms with Gasteiger partial charge in [0.2, 0.25) is 0 Å². The first-order chi connectivity index (χ1) is 10.2. The van der Waals surface area contributed by atoms with E-state index in [1.165, 1.54) is 0 Å². The van der Waals surface area contributed by atoms with E-state index in [4.69, 9.17) is 5.73 Å². The molecule has 0 fully saturated rings. The molecule has 0 atom stereocenters. The van der Waals surface area contributed by atoms with E-state index < -0.39 is 5.56 Å². The third-order valence-electron chi connectivity index (χ3n) is 3.16. The molecule has 0 aliphatic heterocycles. The topological polar surface area (TPSA) is 92.0 Å². The van der Waals surface area contributed by atoms with E-state index in [9.17, 15) is 9.90 Å². The first-order valence-electron chi connectivity index (χ1n) is 6.40. The molecule has 0 spiro atoms. The van der Waals surface area contributed by atoms with Crippen molar-refractivity contribution in [2.24, 2.45) is 5.73 Å². The number of rotatable bonds is 2. The molecule has 3 aromatic rings. The Hall–Kier alpha value is -3.08. The zero-order valence-corrected chi connectivity index (χ0v) is 11.1. The lowest BCUT2D eigenvalue weighted by Crippen LogP contribution is -2.18. The smallest absolute Gasteiger partial charge is 0.276 e. The molecule has 2 aromatic carbocycles. The highest BCUT2D eigenvalue weighted by atomic mass is 16.3. The van der Waals surface area contributed by atoms with Gasteiger partial charge < -0.3 is 15.8 Å². The van der Waals surface area contributed by atoms with Gasteiger partial charge >= 0.3 is 0 Å². The van der Waals surface area contributed by atoms with Crippen LogP contribution in [0, 0.1) is 0 Å². The van der Waals surface area contributed by atoms with Crippen LogP contribution < -0.4 is 11.3 Å². The number of aliphatic hydroxyl groups is 1. The Morgan fingerprint density at radius 2 is 1.71 bits per heavy atom. The number of aromatic amines is 1. The highest BCUT2D eigenvalue weighted by molar-refractivity contribution is 5.85. The zero-order valence-electron chi connectivity index (χ0n) is 11.1. The highest BCUT2D eigenvalue weighted by Crippen LogP contribution is 2.18. The summed E-state index contributed by atoms with van der Waals surface area (Å²) in [6.45, 7) is 0. The second kappa shape index (κ2) is 5.13. The minimum Gasteiger partial charge on any atom is -0.505 e. The number of nitrogens with one attached hydrogen (secondary N) is 1. The third-order valence-corrected chi connectivity index (χ3v) is 3.16. The molecule has 1 aromatic heterocycles. The van der Waals surface area contributed by atoms with Gasteiger partial charge in [0.05, 0.1) is 11.0 Å². The molecule has 21 heavy (non-hydrogen) atoms. The van der Waals surface area contributed by atoms with Crippen LogP contribution in [-0.2, 0) is 0 Å². The Balaban J connectivity index is 2.20. The second-order valence-electron chi connectivity index (χ2n) is 4.56. The standard InChI is InChI=1S/C16H13N3O2/c17-13(15(20)10-6-2-1-3-7-10)14-16(21)19-12-9-5-4-8-11(12)18-14/h1-9,20H,17H2,(H,19,21)/b15-13+. The van der Waals surface area contributed by atoms with Crippen molar-refractivity contribution in [2.75, 3.05) is 0 Å². The number of nitrogens with zero attached hydrogens (tertiary/aromatic N) is 1. The third kappa shape index (κ3) is 2.36. The number of para-hydroxylation sites is 2. The maximum Gasteiger partial charge on any atom is 0.276 e. The highest BCUT2D eigenvalue weighted by Gasteiger charge is 2.13. The summed E-state index contributed by atoms with van der Waals surface area (Å²) < 4.78 is 0. The van der Waals surface area contributed by atoms with Crippen LogP contribution >= 0.6 is 0 Å². The monoisotopic (exact) mass is 279 g/mol. The first-order valence-corrected chi connectivity index (χ1v) is 6.40. The summed E-state index contributed by atoms with van der Waals surface area (Å²) in [5.41, 5.74) is 7.20. The largest absolute Gasteiger partial charge is 0.505 e. The number of H-pyrrole nitrogens is 1. The zero-order chi connectivity index (χ0) is 14.8. The molecule has 4 N–H and O–H groups in total. The van der Waals surface area contributed by atoms with Crippen LogP contribution in [0.25, 0.3) is 22.5 Å². The van der Waals surface area contributed by atoms with Crippen LogP contribution in [0.3, 0.4) is 0 Å². The lowest BCUT2D eigenvalue weighted by molar-refractivity contribution is 0.512. The van der Waals surface area contributed by atoms with E-state index in [1.54, 1.807) is 42.5 Å². The molecule has 0 bridgehead atoms. The van der Waals surface area contributed by atoms with Crippen LogP contribution in [0.2, 0.25) is 0 Å². The van der Waals surface area contributed by atoms with Crippen LogP contribution in [0.15, 0.2) is 59.4 Å². The van der Waals surface area contributed by atoms with Crippen molar-refractivity contribution in [3.05, 3.63) is 76.2 Å². The average molecular weight is 279 g/mol. The lowest BCUT2D eigenvalue weighted by atomic mass is 10.1. The fourth-order valence-electron chi connectivity index (χ4n) is 2.08. The van der Waals surface area contributed by atoms with Gasteiger partial charge in [0.25, 0.3) is 5.56 Å². The summed E-state index contributed by atoms with van der Waals surface area (Å²) in [5, 5.41) is 10.2. The maximum atomic E-state index is 12.1. The van der Waals surface area contributed by atoms with Crippen LogP contribution in [0.1, 0.15) is 11.3 Å². The second-order valence-corrected chi connectivity index (χ2v) is 4.56. The van der Waals surface area contributed by atoms with Crippen LogP contribution in [-0.4, -0.2) is 15.1 Å². The van der Waals surface area contributed by atoms with E-state index in [0.29, 0.717) is 16.6 Å². The van der Waals surface area contributed by atoms with Gasteiger partial charge in [-0.2, -0.15) is 0 Å². The molecule has 104 valence electrons. The number of aromatic nitrogens is 2. The molecule has 5 heteroatoms. The van der Waals surface area contributed by atoms with Gasteiger partial charge in [-0.25, -0.2) is 4.98 Å². The number of nitrogens with two attached hydrogens (primary N) is 1. The summed E-state index contributed by atoms with van der Waals surface area (Å²) in [4.78, 5) is 19.0. The Morgan fingerprint density at radius 3 is 2.48 bits per heavy atom. The van der Waals surface area contributed by atoms with Gasteiger partial charge in [-0.1, -0.05) is 42.5 Å². The molecule has 3 rings (SSSR count). The van der Waals surface area contributed by atoms with E-state index in [1.807, 2.05) is 12.1 Å². The fraction of sp³-hybridized carbons (Fsp3) is 0. The number of fused-ring (bicyclic) bond motifs is 1. The van der Waals surface area contributed by atoms with Crippen molar-refractivity contribution >= 4 is 22.5 Å². The SMILES string of the molecule is N/C(=C(/O)c1ccccc1)c1nc2ccccc2[nH]c1=O. The molecule has 0 aliphatic rings. The fourth-order valence-corrected chi connectivity index (χ4v) is 2.08. The van der Waals surface area contributed by atoms with E-state index in [0.717, 1.165) is 0 Å². The quantitative estimate of drug-likeness (QED) is 0.627. The van der Waals surface area contributed by atoms with Gasteiger partial charge in [-0.05, 0) is 12.1 Å². The van der Waals surface area contributed by atoms with Crippen molar-refractivity contribution in [3.63, 3.8) is 0 Å². The Labute approximate surface area is 120 Å². The minimum absolute atomic E-state index is 0.00931. The van der Waals surface area contributed by atoms with Gasteiger partial charge in [-0.15, -0.1) is 0 Å². The van der Waals surface area contributed by atoms with Crippen molar-refractivity contribution in [1.29, 1.82) is 0 Å². The van der Waals surface area contributed by atoms with Gasteiger partial charge in [0.15, 0.2) is 5.69 Å². The van der Waals surface area contributed by atoms with Crippen LogP contribution in [0.4, 0.5) is 0 Å². The number of aliphatic hydroxyl groups excluding tert-OH is 1. The summed E-state index contributed by atoms with van der Waals surface area (Å²) in [6.07, 6.45) is 0. The summed E-state index contributed by atoms with van der Waals surface area (Å²) in [7, 11) is 0. The molecule has 0 unspecified atom stereocenters. The number of hydrogen-bond donors (Lipinski definition) is 3. The summed E-state index contributed by atoms with van der Waals surface area (Å²) >= 11 is 0. The Kier molecular flexibility index (Phi) is 3.16. The average Bonchev–Trinajstić information content (AvgIpc) is 2.53. The maximum absolute atomic E-state index is 12.1. The normalized spacial score (nSPS) is 12.2. The summed E-state index contributed by atoms with van der Waals surface area (Å²) in [5.74, 6) is -0.163. The van der Waals surface area contributed by atoms with Crippen molar-refractivity contribution in [3.8, 4) is 0 Å². The molecule has 5 nitrogen and oxygen atoms in total. The molecule has 0 amide bonds. The lowest BCUT2D eigenvalue weighted by Gasteiger charge is -2.06. The van der Waals surface area contributed by atoms with E-state index in [2.05, 4.69) is 9.97 Å². The molecule has 0 saturated heterocycles. The van der Waals surface area contributed by atoms with Crippen molar-refractivity contribution in [2.45, 2.75) is 0 Å². The molecule has 1 heterocycles. The Morgan fingerprint density at radius 1 is 1.05 bits per heavy atom. The van der Waals surface area contributed by atoms with E-state index >= 15 is 0 Å². The predicted molar refractivity (Wildman–Crippen MR) is 82.4 cm³/mol. The minimum atomic E-state index is -0.436. The van der Waals surface area contributed by atoms with Gasteiger partial charge in [0, 0.05) is 5.56 Å². The molecular weight excluding hydrogens is 266 g/mol. The van der Waals surface area contributed by atoms with Gasteiger partial charge in [0.1, 0.15) is 11.5 Å². The first kappa shape index (κ1) is 12.9. The van der Waals surface area contributed by atoms with Crippen molar-refractivity contribution < 1.29 is 5.11 Å². The molecule has 0 saturated carbocycles.